The maximum Gasteiger partial charge on any atom is 0.251 e. The van der Waals surface area contributed by atoms with E-state index in [0.29, 0.717) is 30.4 Å². The molecule has 0 unspecified atom stereocenters. The molecule has 3 aromatic rings. The highest BCUT2D eigenvalue weighted by molar-refractivity contribution is 5.79. The number of benzene rings is 2. The number of carbonyl (C=O) groups is 1. The molecule has 1 fully saturated rings. The minimum absolute atomic E-state index is 0.0224. The van der Waals surface area contributed by atoms with Crippen molar-refractivity contribution in [1.82, 2.24) is 15.3 Å². The molecule has 1 saturated carbocycles. The largest absolute Gasteiger partial charge is 0.346 e. The predicted octanol–water partition coefficient (Wildman–Crippen LogP) is 3.60. The molecular formula is C26H30N4O2. The van der Waals surface area contributed by atoms with Crippen molar-refractivity contribution >= 4 is 5.91 Å². The van der Waals surface area contributed by atoms with E-state index in [-0.39, 0.29) is 17.4 Å². The second-order valence-electron chi connectivity index (χ2n) is 8.59. The van der Waals surface area contributed by atoms with Crippen molar-refractivity contribution in [1.29, 1.82) is 0 Å². The molecule has 4 rings (SSSR count). The summed E-state index contributed by atoms with van der Waals surface area (Å²) in [5, 5.41) is 3.19. The van der Waals surface area contributed by atoms with E-state index in [0.717, 1.165) is 36.8 Å². The molecule has 6 nitrogen and oxygen atoms in total. The van der Waals surface area contributed by atoms with Crippen molar-refractivity contribution in [2.45, 2.75) is 38.1 Å². The van der Waals surface area contributed by atoms with Crippen LogP contribution in [0.2, 0.25) is 0 Å². The molecule has 0 spiro atoms. The fourth-order valence-corrected chi connectivity index (χ4v) is 4.41. The van der Waals surface area contributed by atoms with Gasteiger partial charge < -0.3 is 16.0 Å². The number of nitrogens with zero attached hydrogens (tertiary/aromatic N) is 1. The molecule has 1 amide bonds. The van der Waals surface area contributed by atoms with Crippen molar-refractivity contribution in [3.05, 3.63) is 88.5 Å². The molecule has 1 aliphatic rings. The summed E-state index contributed by atoms with van der Waals surface area (Å²) < 4.78 is 0. The van der Waals surface area contributed by atoms with Crippen LogP contribution in [0.15, 0.2) is 71.5 Å². The average molecular weight is 431 g/mol. The van der Waals surface area contributed by atoms with Gasteiger partial charge in [0.2, 0.25) is 5.91 Å². The van der Waals surface area contributed by atoms with Gasteiger partial charge in [0.25, 0.3) is 5.56 Å². The minimum atomic E-state index is -0.423. The van der Waals surface area contributed by atoms with Gasteiger partial charge in [-0.05, 0) is 50.1 Å². The van der Waals surface area contributed by atoms with Crippen molar-refractivity contribution < 1.29 is 4.79 Å². The quantitative estimate of drug-likeness (QED) is 0.533. The fraction of sp³-hybridized carbons (Fsp3) is 0.346. The number of nitrogens with two attached hydrogens (primary N) is 1. The van der Waals surface area contributed by atoms with Gasteiger partial charge in [-0.3, -0.25) is 9.59 Å². The summed E-state index contributed by atoms with van der Waals surface area (Å²) in [6.07, 6.45) is 4.21. The lowest BCUT2D eigenvalue weighted by molar-refractivity contribution is -0.127. The van der Waals surface area contributed by atoms with Gasteiger partial charge in [0.05, 0.1) is 11.7 Å². The Morgan fingerprint density at radius 1 is 1.03 bits per heavy atom. The van der Waals surface area contributed by atoms with Gasteiger partial charge in [0.1, 0.15) is 5.82 Å². The second-order valence-corrected chi connectivity index (χ2v) is 8.59. The number of nitrogens with one attached hydrogen (secondary N) is 2. The molecule has 166 valence electrons. The third-order valence-electron chi connectivity index (χ3n) is 6.31. The summed E-state index contributed by atoms with van der Waals surface area (Å²) in [5.41, 5.74) is 8.10. The Kier molecular flexibility index (Phi) is 7.12. The third kappa shape index (κ3) is 5.51. The van der Waals surface area contributed by atoms with E-state index in [1.807, 2.05) is 60.7 Å². The van der Waals surface area contributed by atoms with Crippen LogP contribution in [-0.4, -0.2) is 22.4 Å². The van der Waals surface area contributed by atoms with Crippen LogP contribution >= 0.6 is 0 Å². The van der Waals surface area contributed by atoms with Crippen molar-refractivity contribution in [3.63, 3.8) is 0 Å². The lowest BCUT2D eigenvalue weighted by atomic mass is 9.81. The summed E-state index contributed by atoms with van der Waals surface area (Å²) in [6, 6.07) is 20.6. The molecule has 1 heterocycles. The third-order valence-corrected chi connectivity index (χ3v) is 6.31. The number of carbonyl (C=O) groups excluding carboxylic acids is 1. The number of H-pyrrole nitrogens is 1. The highest BCUT2D eigenvalue weighted by Crippen LogP contribution is 2.29. The number of aromatic amines is 1. The predicted molar refractivity (Wildman–Crippen MR) is 126 cm³/mol. The first-order valence-corrected chi connectivity index (χ1v) is 11.3. The number of rotatable bonds is 7. The molecular weight excluding hydrogens is 400 g/mol. The van der Waals surface area contributed by atoms with Crippen LogP contribution in [0.1, 0.15) is 43.1 Å². The number of aromatic nitrogens is 2. The molecule has 32 heavy (non-hydrogen) atoms. The van der Waals surface area contributed by atoms with Crippen LogP contribution in [0.3, 0.4) is 0 Å². The van der Waals surface area contributed by atoms with Crippen molar-refractivity contribution in [2.75, 3.05) is 6.54 Å². The monoisotopic (exact) mass is 430 g/mol. The van der Waals surface area contributed by atoms with E-state index < -0.39 is 6.04 Å². The first-order valence-electron chi connectivity index (χ1n) is 11.3. The van der Waals surface area contributed by atoms with E-state index in [2.05, 4.69) is 10.3 Å². The topological polar surface area (TPSA) is 101 Å². The van der Waals surface area contributed by atoms with Crippen LogP contribution in [0.5, 0.6) is 0 Å². The molecule has 0 aliphatic heterocycles. The molecule has 1 aromatic heterocycles. The molecule has 0 radical (unpaired) electrons. The Bertz CT molecular complexity index is 1070. The fourth-order valence-electron chi connectivity index (χ4n) is 4.41. The highest BCUT2D eigenvalue weighted by atomic mass is 16.2. The zero-order chi connectivity index (χ0) is 22.3. The van der Waals surface area contributed by atoms with E-state index in [1.165, 1.54) is 6.07 Å². The highest BCUT2D eigenvalue weighted by Gasteiger charge is 2.28. The first kappa shape index (κ1) is 22.0. The zero-order valence-electron chi connectivity index (χ0n) is 18.2. The Labute approximate surface area is 188 Å². The van der Waals surface area contributed by atoms with Gasteiger partial charge in [0, 0.05) is 17.5 Å². The van der Waals surface area contributed by atoms with Gasteiger partial charge in [-0.25, -0.2) is 4.98 Å². The van der Waals surface area contributed by atoms with Gasteiger partial charge in [-0.2, -0.15) is 0 Å². The summed E-state index contributed by atoms with van der Waals surface area (Å²) in [7, 11) is 0. The van der Waals surface area contributed by atoms with Crippen LogP contribution in [0.25, 0.3) is 11.3 Å². The molecule has 0 saturated heterocycles. The number of hydrogen-bond donors (Lipinski definition) is 3. The van der Waals surface area contributed by atoms with Gasteiger partial charge in [0.15, 0.2) is 0 Å². The second kappa shape index (κ2) is 10.4. The van der Waals surface area contributed by atoms with Gasteiger partial charge >= 0.3 is 0 Å². The van der Waals surface area contributed by atoms with Gasteiger partial charge in [-0.15, -0.1) is 0 Å². The summed E-state index contributed by atoms with van der Waals surface area (Å²) in [4.78, 5) is 33.2. The first-order chi connectivity index (χ1) is 15.6. The van der Waals surface area contributed by atoms with E-state index in [9.17, 15) is 9.59 Å². The molecule has 2 aromatic carbocycles. The summed E-state index contributed by atoms with van der Waals surface area (Å²) in [6.45, 7) is 0.683. The van der Waals surface area contributed by atoms with Crippen LogP contribution < -0.4 is 16.6 Å². The Balaban J connectivity index is 1.60. The molecule has 0 bridgehead atoms. The molecule has 1 aliphatic carbocycles. The lowest BCUT2D eigenvalue weighted by Crippen LogP contribution is -2.38. The Morgan fingerprint density at radius 2 is 1.69 bits per heavy atom. The van der Waals surface area contributed by atoms with Crippen LogP contribution in [0, 0.1) is 11.8 Å². The maximum absolute atomic E-state index is 13.1. The standard InChI is InChI=1S/C26H30N4O2/c27-17-19-11-13-21(14-12-19)26(32)29-23(15-18-7-3-1-4-8-18)25-28-22(16-24(31)30-25)20-9-5-2-6-10-20/h1-10,16,19,21,23H,11-15,17,27H2,(H,29,32)(H,28,30,31)/t19?,21?,23-/m0/s1. The van der Waals surface area contributed by atoms with E-state index >= 15 is 0 Å². The number of amides is 1. The van der Waals surface area contributed by atoms with Crippen LogP contribution in [0.4, 0.5) is 0 Å². The maximum atomic E-state index is 13.1. The average Bonchev–Trinajstić information content (AvgIpc) is 2.84. The smallest absolute Gasteiger partial charge is 0.251 e. The van der Waals surface area contributed by atoms with E-state index in [4.69, 9.17) is 10.7 Å². The zero-order valence-corrected chi connectivity index (χ0v) is 18.2. The SMILES string of the molecule is NCC1CCC(C(=O)N[C@@H](Cc2ccccc2)c2nc(-c3ccccc3)cc(=O)[nH]2)CC1. The number of hydrogen-bond acceptors (Lipinski definition) is 4. The van der Waals surface area contributed by atoms with Gasteiger partial charge in [-0.1, -0.05) is 60.7 Å². The molecule has 4 N–H and O–H groups in total. The van der Waals surface area contributed by atoms with Crippen molar-refractivity contribution in [2.24, 2.45) is 17.6 Å². The summed E-state index contributed by atoms with van der Waals surface area (Å²) >= 11 is 0. The van der Waals surface area contributed by atoms with Crippen LogP contribution in [-0.2, 0) is 11.2 Å². The minimum Gasteiger partial charge on any atom is -0.346 e. The summed E-state index contributed by atoms with van der Waals surface area (Å²) in [5.74, 6) is 0.984. The lowest BCUT2D eigenvalue weighted by Gasteiger charge is -2.28. The normalized spacial score (nSPS) is 19.3. The Hall–Kier alpha value is -3.25. The van der Waals surface area contributed by atoms with Crippen molar-refractivity contribution in [3.8, 4) is 11.3 Å². The van der Waals surface area contributed by atoms with E-state index in [1.54, 1.807) is 0 Å². The molecule has 1 atom stereocenters. The molecule has 6 heteroatoms. The Morgan fingerprint density at radius 3 is 2.34 bits per heavy atom.